The average Bonchev–Trinajstić information content (AvgIpc) is 2.65. The van der Waals surface area contributed by atoms with E-state index in [4.69, 9.17) is 9.47 Å². The molecule has 2 N–H and O–H groups in total. The molecule has 0 saturated carbocycles. The van der Waals surface area contributed by atoms with Crippen LogP contribution in [0.3, 0.4) is 0 Å². The van der Waals surface area contributed by atoms with Crippen LogP contribution in [0.25, 0.3) is 0 Å². The fraction of sp³-hybridized carbons (Fsp3) is 0.222. The smallest absolute Gasteiger partial charge is 0.252 e. The second kappa shape index (κ2) is 8.98. The number of ether oxygens (including phenoxy) is 2. The van der Waals surface area contributed by atoms with E-state index in [9.17, 15) is 9.59 Å². The summed E-state index contributed by atoms with van der Waals surface area (Å²) in [4.78, 5) is 24.8. The zero-order valence-electron chi connectivity index (χ0n) is 14.3. The molecule has 0 unspecified atom stereocenters. The van der Waals surface area contributed by atoms with Crippen LogP contribution in [0.5, 0.6) is 11.5 Å². The number of carbonyl (C=O) groups excluding carboxylic acids is 2. The third-order valence-electron chi connectivity index (χ3n) is 3.38. The van der Waals surface area contributed by atoms with Crippen LogP contribution in [0, 0.1) is 0 Å². The van der Waals surface area contributed by atoms with Crippen molar-refractivity contribution in [2.45, 2.75) is 4.90 Å². The molecule has 2 aromatic carbocycles. The molecule has 0 aliphatic heterocycles. The van der Waals surface area contributed by atoms with E-state index >= 15 is 0 Å². The first-order chi connectivity index (χ1) is 12.1. The van der Waals surface area contributed by atoms with Gasteiger partial charge in [-0.2, -0.15) is 0 Å². The first kappa shape index (κ1) is 18.7. The van der Waals surface area contributed by atoms with Crippen LogP contribution in [-0.2, 0) is 4.79 Å². The van der Waals surface area contributed by atoms with Gasteiger partial charge in [0.05, 0.1) is 25.5 Å². The topological polar surface area (TPSA) is 76.7 Å². The largest absolute Gasteiger partial charge is 0.493 e. The maximum Gasteiger partial charge on any atom is 0.252 e. The predicted octanol–water partition coefficient (Wildman–Crippen LogP) is 2.79. The van der Waals surface area contributed by atoms with E-state index in [-0.39, 0.29) is 17.6 Å². The molecule has 0 aromatic heterocycles. The number of thioether (sulfide) groups is 1. The highest BCUT2D eigenvalue weighted by atomic mass is 32.2. The van der Waals surface area contributed by atoms with Crippen molar-refractivity contribution in [2.24, 2.45) is 0 Å². The lowest BCUT2D eigenvalue weighted by Gasteiger charge is -2.11. The summed E-state index contributed by atoms with van der Waals surface area (Å²) in [5.41, 5.74) is 1.16. The fourth-order valence-electron chi connectivity index (χ4n) is 2.17. The number of nitrogens with one attached hydrogen (secondary N) is 2. The van der Waals surface area contributed by atoms with Gasteiger partial charge in [0.15, 0.2) is 11.5 Å². The zero-order chi connectivity index (χ0) is 18.2. The van der Waals surface area contributed by atoms with Gasteiger partial charge in [-0.25, -0.2) is 0 Å². The van der Waals surface area contributed by atoms with E-state index in [0.717, 1.165) is 4.90 Å². The Morgan fingerprint density at radius 1 is 1.04 bits per heavy atom. The first-order valence-electron chi connectivity index (χ1n) is 7.54. The van der Waals surface area contributed by atoms with Crippen molar-refractivity contribution in [2.75, 3.05) is 32.3 Å². The molecule has 0 aliphatic carbocycles. The number of hydrogen-bond acceptors (Lipinski definition) is 5. The summed E-state index contributed by atoms with van der Waals surface area (Å²) in [6, 6.07) is 12.3. The van der Waals surface area contributed by atoms with Crippen LogP contribution in [0.1, 0.15) is 10.4 Å². The molecule has 0 fully saturated rings. The van der Waals surface area contributed by atoms with Crippen molar-refractivity contribution in [3.63, 3.8) is 0 Å². The molecule has 0 heterocycles. The van der Waals surface area contributed by atoms with Crippen LogP contribution >= 0.6 is 11.8 Å². The lowest BCUT2D eigenvalue weighted by molar-refractivity contribution is -0.113. The first-order valence-corrected chi connectivity index (χ1v) is 8.53. The summed E-state index contributed by atoms with van der Waals surface area (Å²) in [5.74, 6) is 0.960. The second-order valence-corrected chi connectivity index (χ2v) is 6.00. The maximum absolute atomic E-state index is 12.2. The Morgan fingerprint density at radius 2 is 1.76 bits per heavy atom. The highest BCUT2D eigenvalue weighted by molar-refractivity contribution is 8.00. The van der Waals surface area contributed by atoms with E-state index in [1.807, 2.05) is 12.1 Å². The Labute approximate surface area is 150 Å². The molecule has 7 heteroatoms. The fourth-order valence-corrected chi connectivity index (χ4v) is 3.02. The van der Waals surface area contributed by atoms with E-state index in [1.54, 1.807) is 44.5 Å². The molecule has 0 saturated heterocycles. The van der Waals surface area contributed by atoms with Gasteiger partial charge >= 0.3 is 0 Å². The van der Waals surface area contributed by atoms with Gasteiger partial charge < -0.3 is 20.1 Å². The zero-order valence-corrected chi connectivity index (χ0v) is 15.1. The molecule has 2 rings (SSSR count). The SMILES string of the molecule is CNC(=O)c1ccccc1SCC(=O)Nc1ccc(OC)c(OC)c1. The van der Waals surface area contributed by atoms with Crippen LogP contribution in [0.15, 0.2) is 47.4 Å². The molecule has 25 heavy (non-hydrogen) atoms. The molecule has 0 radical (unpaired) electrons. The van der Waals surface area contributed by atoms with E-state index in [0.29, 0.717) is 22.7 Å². The standard InChI is InChI=1S/C18H20N2O4S/c1-19-18(22)13-6-4-5-7-16(13)25-11-17(21)20-12-8-9-14(23-2)15(10-12)24-3/h4-10H,11H2,1-3H3,(H,19,22)(H,20,21). The molecular weight excluding hydrogens is 340 g/mol. The van der Waals surface area contributed by atoms with Gasteiger partial charge in [0.1, 0.15) is 0 Å². The van der Waals surface area contributed by atoms with Crippen molar-refractivity contribution in [3.05, 3.63) is 48.0 Å². The van der Waals surface area contributed by atoms with Crippen LogP contribution < -0.4 is 20.1 Å². The van der Waals surface area contributed by atoms with Gasteiger partial charge in [0.25, 0.3) is 5.91 Å². The normalized spacial score (nSPS) is 10.0. The van der Waals surface area contributed by atoms with E-state index < -0.39 is 0 Å². The molecule has 2 aromatic rings. The summed E-state index contributed by atoms with van der Waals surface area (Å²) in [7, 11) is 4.67. The molecule has 132 valence electrons. The summed E-state index contributed by atoms with van der Waals surface area (Å²) in [5, 5.41) is 5.40. The van der Waals surface area contributed by atoms with Crippen molar-refractivity contribution in [1.29, 1.82) is 0 Å². The number of amides is 2. The highest BCUT2D eigenvalue weighted by Gasteiger charge is 2.12. The Kier molecular flexibility index (Phi) is 6.71. The van der Waals surface area contributed by atoms with Crippen LogP contribution in [-0.4, -0.2) is 38.8 Å². The Bertz CT molecular complexity index is 764. The number of carbonyl (C=O) groups is 2. The van der Waals surface area contributed by atoms with Crippen molar-refractivity contribution in [3.8, 4) is 11.5 Å². The van der Waals surface area contributed by atoms with Gasteiger partial charge in [-0.15, -0.1) is 11.8 Å². The van der Waals surface area contributed by atoms with Crippen molar-refractivity contribution >= 4 is 29.3 Å². The monoisotopic (exact) mass is 360 g/mol. The Morgan fingerprint density at radius 3 is 2.44 bits per heavy atom. The van der Waals surface area contributed by atoms with Crippen molar-refractivity contribution in [1.82, 2.24) is 5.32 Å². The molecule has 0 spiro atoms. The number of rotatable bonds is 7. The van der Waals surface area contributed by atoms with Gasteiger partial charge in [-0.1, -0.05) is 12.1 Å². The van der Waals surface area contributed by atoms with Gasteiger partial charge in [0, 0.05) is 23.7 Å². The lowest BCUT2D eigenvalue weighted by atomic mass is 10.2. The second-order valence-electron chi connectivity index (χ2n) is 4.98. The lowest BCUT2D eigenvalue weighted by Crippen LogP contribution is -2.19. The molecule has 6 nitrogen and oxygen atoms in total. The molecule has 2 amide bonds. The minimum absolute atomic E-state index is 0.177. The highest BCUT2D eigenvalue weighted by Crippen LogP contribution is 2.30. The minimum atomic E-state index is -0.177. The third-order valence-corrected chi connectivity index (χ3v) is 4.46. The molecule has 0 atom stereocenters. The number of methoxy groups -OCH3 is 2. The van der Waals surface area contributed by atoms with E-state index in [2.05, 4.69) is 10.6 Å². The Balaban J connectivity index is 2.01. The van der Waals surface area contributed by atoms with Crippen molar-refractivity contribution < 1.29 is 19.1 Å². The quantitative estimate of drug-likeness (QED) is 0.743. The molecule has 0 bridgehead atoms. The summed E-state index contributed by atoms with van der Waals surface area (Å²) < 4.78 is 10.4. The number of anilines is 1. The number of hydrogen-bond donors (Lipinski definition) is 2. The van der Waals surface area contributed by atoms with Gasteiger partial charge in [-0.3, -0.25) is 9.59 Å². The summed E-state index contributed by atoms with van der Waals surface area (Å²) in [6.07, 6.45) is 0. The van der Waals surface area contributed by atoms with Gasteiger partial charge in [-0.05, 0) is 24.3 Å². The molecule has 0 aliphatic rings. The maximum atomic E-state index is 12.2. The minimum Gasteiger partial charge on any atom is -0.493 e. The average molecular weight is 360 g/mol. The van der Waals surface area contributed by atoms with Crippen LogP contribution in [0.4, 0.5) is 5.69 Å². The predicted molar refractivity (Wildman–Crippen MR) is 98.7 cm³/mol. The third kappa shape index (κ3) is 4.90. The molecular formula is C18H20N2O4S. The van der Waals surface area contributed by atoms with Crippen LogP contribution in [0.2, 0.25) is 0 Å². The van der Waals surface area contributed by atoms with E-state index in [1.165, 1.54) is 18.9 Å². The summed E-state index contributed by atoms with van der Waals surface area (Å²) in [6.45, 7) is 0. The summed E-state index contributed by atoms with van der Waals surface area (Å²) >= 11 is 1.31. The Hall–Kier alpha value is -2.67. The number of benzene rings is 2. The van der Waals surface area contributed by atoms with Gasteiger partial charge in [0.2, 0.25) is 5.91 Å².